The van der Waals surface area contributed by atoms with Crippen LogP contribution in [0.2, 0.25) is 0 Å². The standard InChI is InChI=1S/C26H25N3O5S/c1-3-23(25(32)28-18-13-11-17(12-14-18)27-16(2)30)35-20-8-6-7-19(15-20)29-24(31)21-9-4-5-10-22(21)26(33)34/h4-15,23H,3H2,1-2H3,(H,27,30)(H,28,32)(H,29,31)(H,33,34). The maximum Gasteiger partial charge on any atom is 0.336 e. The van der Waals surface area contributed by atoms with Crippen LogP contribution >= 0.6 is 11.8 Å². The summed E-state index contributed by atoms with van der Waals surface area (Å²) in [6, 6.07) is 19.9. The lowest BCUT2D eigenvalue weighted by atomic mass is 10.1. The highest BCUT2D eigenvalue weighted by Gasteiger charge is 2.19. The summed E-state index contributed by atoms with van der Waals surface area (Å²) in [5.41, 5.74) is 1.73. The number of benzene rings is 3. The number of anilines is 3. The molecule has 3 aromatic carbocycles. The smallest absolute Gasteiger partial charge is 0.336 e. The predicted molar refractivity (Wildman–Crippen MR) is 137 cm³/mol. The molecule has 4 N–H and O–H groups in total. The molecule has 0 aliphatic carbocycles. The first-order valence-corrected chi connectivity index (χ1v) is 11.7. The lowest BCUT2D eigenvalue weighted by molar-refractivity contribution is -0.116. The number of carboxylic acid groups (broad SMARTS) is 1. The van der Waals surface area contributed by atoms with Crippen molar-refractivity contribution in [2.24, 2.45) is 0 Å². The molecule has 0 aliphatic rings. The third kappa shape index (κ3) is 7.18. The van der Waals surface area contributed by atoms with Crippen LogP contribution in [0.25, 0.3) is 0 Å². The molecule has 8 nitrogen and oxygen atoms in total. The van der Waals surface area contributed by atoms with Crippen molar-refractivity contribution in [3.63, 3.8) is 0 Å². The minimum absolute atomic E-state index is 0.0633. The fourth-order valence-corrected chi connectivity index (χ4v) is 4.28. The third-order valence-electron chi connectivity index (χ3n) is 4.91. The minimum atomic E-state index is -1.18. The zero-order valence-corrected chi connectivity index (χ0v) is 20.0. The lowest BCUT2D eigenvalue weighted by Gasteiger charge is -2.16. The predicted octanol–water partition coefficient (Wildman–Crippen LogP) is 5.10. The van der Waals surface area contributed by atoms with Crippen molar-refractivity contribution in [1.82, 2.24) is 0 Å². The van der Waals surface area contributed by atoms with Crippen LogP contribution in [0.4, 0.5) is 17.1 Å². The molecule has 0 heterocycles. The Kier molecular flexibility index (Phi) is 8.63. The van der Waals surface area contributed by atoms with E-state index < -0.39 is 11.9 Å². The zero-order chi connectivity index (χ0) is 25.4. The number of thioether (sulfide) groups is 1. The molecule has 0 bridgehead atoms. The van der Waals surface area contributed by atoms with Crippen molar-refractivity contribution in [1.29, 1.82) is 0 Å². The van der Waals surface area contributed by atoms with Crippen LogP contribution in [0.5, 0.6) is 0 Å². The van der Waals surface area contributed by atoms with Gasteiger partial charge in [0.25, 0.3) is 5.91 Å². The highest BCUT2D eigenvalue weighted by atomic mass is 32.2. The molecule has 1 unspecified atom stereocenters. The highest BCUT2D eigenvalue weighted by molar-refractivity contribution is 8.00. The van der Waals surface area contributed by atoms with Crippen molar-refractivity contribution in [2.75, 3.05) is 16.0 Å². The summed E-state index contributed by atoms with van der Waals surface area (Å²) < 4.78 is 0. The van der Waals surface area contributed by atoms with E-state index in [4.69, 9.17) is 0 Å². The van der Waals surface area contributed by atoms with Crippen LogP contribution in [0.3, 0.4) is 0 Å². The molecule has 9 heteroatoms. The van der Waals surface area contributed by atoms with Gasteiger partial charge in [-0.15, -0.1) is 11.8 Å². The Morgan fingerprint density at radius 1 is 0.800 bits per heavy atom. The van der Waals surface area contributed by atoms with E-state index in [1.54, 1.807) is 54.6 Å². The van der Waals surface area contributed by atoms with Crippen LogP contribution in [0.15, 0.2) is 77.7 Å². The van der Waals surface area contributed by atoms with Crippen LogP contribution in [0, 0.1) is 0 Å². The molecule has 0 spiro atoms. The Bertz CT molecular complexity index is 1240. The van der Waals surface area contributed by atoms with Gasteiger partial charge >= 0.3 is 5.97 Å². The summed E-state index contributed by atoms with van der Waals surface area (Å²) in [7, 11) is 0. The number of rotatable bonds is 9. The number of hydrogen-bond acceptors (Lipinski definition) is 5. The molecule has 3 amide bonds. The summed E-state index contributed by atoms with van der Waals surface area (Å²) in [5.74, 6) is -2.05. The van der Waals surface area contributed by atoms with Gasteiger partial charge in [-0.2, -0.15) is 0 Å². The zero-order valence-electron chi connectivity index (χ0n) is 19.2. The van der Waals surface area contributed by atoms with Gasteiger partial charge in [0, 0.05) is 28.9 Å². The molecule has 0 fully saturated rings. The molecule has 0 aromatic heterocycles. The van der Waals surface area contributed by atoms with E-state index in [-0.39, 0.29) is 28.2 Å². The molecule has 3 aromatic rings. The molecular weight excluding hydrogens is 466 g/mol. The molecule has 0 saturated heterocycles. The summed E-state index contributed by atoms with van der Waals surface area (Å²) in [6.45, 7) is 3.33. The normalized spacial score (nSPS) is 11.3. The van der Waals surface area contributed by atoms with Gasteiger partial charge in [0.1, 0.15) is 0 Å². The highest BCUT2D eigenvalue weighted by Crippen LogP contribution is 2.29. The van der Waals surface area contributed by atoms with Crippen molar-refractivity contribution in [2.45, 2.75) is 30.4 Å². The number of carbonyl (C=O) groups excluding carboxylic acids is 3. The second-order valence-corrected chi connectivity index (χ2v) is 8.87. The summed E-state index contributed by atoms with van der Waals surface area (Å²) in [4.78, 5) is 48.8. The first-order chi connectivity index (χ1) is 16.8. The van der Waals surface area contributed by atoms with Crippen LogP contribution in [-0.4, -0.2) is 34.0 Å². The molecule has 35 heavy (non-hydrogen) atoms. The Hall–Kier alpha value is -4.11. The van der Waals surface area contributed by atoms with Gasteiger partial charge in [0.15, 0.2) is 0 Å². The monoisotopic (exact) mass is 491 g/mol. The molecular formula is C26H25N3O5S. The van der Waals surface area contributed by atoms with E-state index in [1.165, 1.54) is 30.8 Å². The van der Waals surface area contributed by atoms with E-state index >= 15 is 0 Å². The summed E-state index contributed by atoms with van der Waals surface area (Å²) in [6.07, 6.45) is 0.572. The van der Waals surface area contributed by atoms with E-state index in [0.29, 0.717) is 23.5 Å². The minimum Gasteiger partial charge on any atom is -0.478 e. The fraction of sp³-hybridized carbons (Fsp3) is 0.154. The third-order valence-corrected chi connectivity index (χ3v) is 6.27. The average Bonchev–Trinajstić information content (AvgIpc) is 2.83. The van der Waals surface area contributed by atoms with Gasteiger partial charge in [-0.1, -0.05) is 25.1 Å². The van der Waals surface area contributed by atoms with Crippen LogP contribution < -0.4 is 16.0 Å². The maximum atomic E-state index is 12.8. The van der Waals surface area contributed by atoms with Gasteiger partial charge in [0.2, 0.25) is 11.8 Å². The number of nitrogens with one attached hydrogen (secondary N) is 3. The molecule has 0 saturated carbocycles. The SMILES string of the molecule is CCC(Sc1cccc(NC(=O)c2ccccc2C(=O)O)c1)C(=O)Nc1ccc(NC(C)=O)cc1. The van der Waals surface area contributed by atoms with Crippen molar-refractivity contribution < 1.29 is 24.3 Å². The molecule has 0 radical (unpaired) electrons. The average molecular weight is 492 g/mol. The fourth-order valence-electron chi connectivity index (χ4n) is 3.26. The topological polar surface area (TPSA) is 125 Å². The van der Waals surface area contributed by atoms with Crippen molar-refractivity contribution in [3.8, 4) is 0 Å². The van der Waals surface area contributed by atoms with E-state index in [2.05, 4.69) is 16.0 Å². The second kappa shape index (κ2) is 11.8. The Balaban J connectivity index is 1.66. The van der Waals surface area contributed by atoms with E-state index in [9.17, 15) is 24.3 Å². The quantitative estimate of drug-likeness (QED) is 0.309. The Labute approximate surface area is 207 Å². The first-order valence-electron chi connectivity index (χ1n) is 10.9. The van der Waals surface area contributed by atoms with Gasteiger partial charge in [-0.05, 0) is 61.0 Å². The number of carboxylic acids is 1. The maximum absolute atomic E-state index is 12.8. The largest absolute Gasteiger partial charge is 0.478 e. The molecule has 1 atom stereocenters. The van der Waals surface area contributed by atoms with Gasteiger partial charge in [0.05, 0.1) is 16.4 Å². The number of amides is 3. The van der Waals surface area contributed by atoms with Gasteiger partial charge in [-0.25, -0.2) is 4.79 Å². The summed E-state index contributed by atoms with van der Waals surface area (Å²) >= 11 is 1.36. The first kappa shape index (κ1) is 25.5. The number of carbonyl (C=O) groups is 4. The number of aromatic carboxylic acids is 1. The van der Waals surface area contributed by atoms with E-state index in [0.717, 1.165) is 4.90 Å². The van der Waals surface area contributed by atoms with Crippen LogP contribution in [0.1, 0.15) is 41.0 Å². The van der Waals surface area contributed by atoms with Crippen LogP contribution in [-0.2, 0) is 9.59 Å². The molecule has 3 rings (SSSR count). The van der Waals surface area contributed by atoms with Gasteiger partial charge in [-0.3, -0.25) is 14.4 Å². The number of hydrogen-bond donors (Lipinski definition) is 4. The molecule has 0 aliphatic heterocycles. The lowest BCUT2D eigenvalue weighted by Crippen LogP contribution is -2.24. The van der Waals surface area contributed by atoms with E-state index in [1.807, 2.05) is 13.0 Å². The molecule has 180 valence electrons. The summed E-state index contributed by atoms with van der Waals surface area (Å²) in [5, 5.41) is 17.2. The van der Waals surface area contributed by atoms with Crippen molar-refractivity contribution >= 4 is 52.5 Å². The Morgan fingerprint density at radius 2 is 1.43 bits per heavy atom. The van der Waals surface area contributed by atoms with Gasteiger partial charge < -0.3 is 21.1 Å². The second-order valence-electron chi connectivity index (χ2n) is 7.60. The Morgan fingerprint density at radius 3 is 2.03 bits per heavy atom. The van der Waals surface area contributed by atoms with Crippen molar-refractivity contribution in [3.05, 3.63) is 83.9 Å².